The molecule has 2 aliphatic heterocycles. The van der Waals surface area contributed by atoms with Gasteiger partial charge in [0, 0.05) is 25.6 Å². The summed E-state index contributed by atoms with van der Waals surface area (Å²) in [4.78, 5) is 16.7. The Morgan fingerprint density at radius 2 is 1.96 bits per heavy atom. The van der Waals surface area contributed by atoms with Gasteiger partial charge < -0.3 is 14.9 Å². The fourth-order valence-electron chi connectivity index (χ4n) is 4.20. The van der Waals surface area contributed by atoms with Gasteiger partial charge in [-0.05, 0) is 57.7 Å². The van der Waals surface area contributed by atoms with E-state index in [1.807, 2.05) is 15.9 Å². The molecule has 1 amide bonds. The van der Waals surface area contributed by atoms with Crippen LogP contribution >= 0.6 is 0 Å². The predicted octanol–water partition coefficient (Wildman–Crippen LogP) is 2.68. The van der Waals surface area contributed by atoms with Crippen LogP contribution in [0.2, 0.25) is 0 Å². The van der Waals surface area contributed by atoms with Crippen LogP contribution in [0.4, 0.5) is 10.1 Å². The lowest BCUT2D eigenvalue weighted by Crippen LogP contribution is -2.51. The van der Waals surface area contributed by atoms with Gasteiger partial charge in [-0.3, -0.25) is 4.79 Å². The first-order chi connectivity index (χ1) is 12.3. The van der Waals surface area contributed by atoms with E-state index < -0.39 is 11.4 Å². The van der Waals surface area contributed by atoms with Crippen molar-refractivity contribution in [2.75, 3.05) is 24.5 Å². The maximum absolute atomic E-state index is 14.2. The number of nitrogens with zero attached hydrogens (tertiary/aromatic N) is 3. The van der Waals surface area contributed by atoms with E-state index in [1.54, 1.807) is 26.0 Å². The van der Waals surface area contributed by atoms with Gasteiger partial charge in [0.1, 0.15) is 5.82 Å². The highest BCUT2D eigenvalue weighted by Gasteiger charge is 2.41. The maximum atomic E-state index is 14.2. The lowest BCUT2D eigenvalue weighted by atomic mass is 9.92. The average molecular weight is 359 g/mol. The number of benzene rings is 1. The number of aliphatic hydroxyl groups is 1. The van der Waals surface area contributed by atoms with Crippen molar-refractivity contribution in [2.24, 2.45) is 5.92 Å². The van der Waals surface area contributed by atoms with Crippen LogP contribution in [-0.4, -0.2) is 47.2 Å². The highest BCUT2D eigenvalue weighted by atomic mass is 19.1. The molecule has 2 fully saturated rings. The van der Waals surface area contributed by atoms with E-state index in [-0.39, 0.29) is 17.9 Å². The number of likely N-dealkylation sites (tertiary alicyclic amines) is 1. The van der Waals surface area contributed by atoms with E-state index in [4.69, 9.17) is 5.26 Å². The third kappa shape index (κ3) is 3.68. The second-order valence-corrected chi connectivity index (χ2v) is 7.88. The van der Waals surface area contributed by atoms with E-state index in [2.05, 4.69) is 0 Å². The van der Waals surface area contributed by atoms with Gasteiger partial charge >= 0.3 is 0 Å². The summed E-state index contributed by atoms with van der Waals surface area (Å²) < 4.78 is 14.2. The standard InChI is InChI=1S/C20H26FN3O2/c1-20(2,26)18-4-3-9-24(18)19(25)15-7-10-23(11-8-15)17-6-5-14(13-22)12-16(17)21/h5-6,12,15,18,26H,3-4,7-11H2,1-2H3. The summed E-state index contributed by atoms with van der Waals surface area (Å²) in [5.74, 6) is -0.347. The maximum Gasteiger partial charge on any atom is 0.226 e. The second-order valence-electron chi connectivity index (χ2n) is 7.88. The van der Waals surface area contributed by atoms with Crippen molar-refractivity contribution in [3.05, 3.63) is 29.6 Å². The van der Waals surface area contributed by atoms with Crippen LogP contribution in [0.15, 0.2) is 18.2 Å². The number of halogens is 1. The van der Waals surface area contributed by atoms with Gasteiger partial charge in [-0.25, -0.2) is 4.39 Å². The Labute approximate surface area is 154 Å². The molecule has 140 valence electrons. The molecule has 2 aliphatic rings. The Hall–Kier alpha value is -2.13. The van der Waals surface area contributed by atoms with Gasteiger partial charge in [0.05, 0.1) is 29.0 Å². The van der Waals surface area contributed by atoms with Crippen LogP contribution in [0.3, 0.4) is 0 Å². The molecule has 0 aliphatic carbocycles. The number of rotatable bonds is 3. The number of nitriles is 1. The second kappa shape index (κ2) is 7.24. The molecule has 1 aromatic carbocycles. The number of piperidine rings is 1. The first kappa shape index (κ1) is 18.7. The van der Waals surface area contributed by atoms with E-state index in [9.17, 15) is 14.3 Å². The summed E-state index contributed by atoms with van der Waals surface area (Å²) in [6, 6.07) is 6.33. The van der Waals surface area contributed by atoms with Crippen molar-refractivity contribution in [3.8, 4) is 6.07 Å². The Morgan fingerprint density at radius 3 is 2.54 bits per heavy atom. The number of hydrogen-bond donors (Lipinski definition) is 1. The van der Waals surface area contributed by atoms with Crippen molar-refractivity contribution in [2.45, 2.75) is 51.2 Å². The molecule has 26 heavy (non-hydrogen) atoms. The summed E-state index contributed by atoms with van der Waals surface area (Å²) >= 11 is 0. The van der Waals surface area contributed by atoms with Gasteiger partial charge in [0.2, 0.25) is 5.91 Å². The zero-order chi connectivity index (χ0) is 18.9. The normalized spacial score (nSPS) is 21.7. The third-order valence-corrected chi connectivity index (χ3v) is 5.61. The molecule has 1 unspecified atom stereocenters. The Balaban J connectivity index is 1.63. The SMILES string of the molecule is CC(C)(O)C1CCCN1C(=O)C1CCN(c2ccc(C#N)cc2F)CC1. The van der Waals surface area contributed by atoms with Crippen LogP contribution in [0.1, 0.15) is 45.1 Å². The van der Waals surface area contributed by atoms with Crippen LogP contribution < -0.4 is 4.90 Å². The summed E-state index contributed by atoms with van der Waals surface area (Å²) in [5, 5.41) is 19.2. The lowest BCUT2D eigenvalue weighted by Gasteiger charge is -2.38. The third-order valence-electron chi connectivity index (χ3n) is 5.61. The van der Waals surface area contributed by atoms with Crippen molar-refractivity contribution in [1.82, 2.24) is 4.90 Å². The Kier molecular flexibility index (Phi) is 5.19. The molecule has 1 atom stereocenters. The van der Waals surface area contributed by atoms with E-state index in [0.717, 1.165) is 12.8 Å². The minimum atomic E-state index is -0.890. The monoisotopic (exact) mass is 359 g/mol. The number of carbonyl (C=O) groups excluding carboxylic acids is 1. The molecule has 6 heteroatoms. The fourth-order valence-corrected chi connectivity index (χ4v) is 4.20. The summed E-state index contributed by atoms with van der Waals surface area (Å²) in [6.07, 6.45) is 3.11. The Morgan fingerprint density at radius 1 is 1.27 bits per heavy atom. The van der Waals surface area contributed by atoms with Crippen LogP contribution in [0.5, 0.6) is 0 Å². The van der Waals surface area contributed by atoms with Crippen LogP contribution in [0, 0.1) is 23.1 Å². The van der Waals surface area contributed by atoms with Crippen molar-refractivity contribution in [3.63, 3.8) is 0 Å². The van der Waals surface area contributed by atoms with Gasteiger partial charge in [-0.15, -0.1) is 0 Å². The molecule has 0 spiro atoms. The Bertz CT molecular complexity index is 715. The van der Waals surface area contributed by atoms with Gasteiger partial charge in [0.25, 0.3) is 0 Å². The molecule has 3 rings (SSSR count). The summed E-state index contributed by atoms with van der Waals surface area (Å²) in [7, 11) is 0. The van der Waals surface area contributed by atoms with E-state index in [0.29, 0.717) is 43.7 Å². The van der Waals surface area contributed by atoms with Gasteiger partial charge in [0.15, 0.2) is 0 Å². The molecule has 5 nitrogen and oxygen atoms in total. The molecule has 0 radical (unpaired) electrons. The van der Waals surface area contributed by atoms with Crippen LogP contribution in [0.25, 0.3) is 0 Å². The highest BCUT2D eigenvalue weighted by molar-refractivity contribution is 5.80. The predicted molar refractivity (Wildman–Crippen MR) is 97.1 cm³/mol. The quantitative estimate of drug-likeness (QED) is 0.901. The molecule has 1 N–H and O–H groups in total. The minimum Gasteiger partial charge on any atom is -0.388 e. The zero-order valence-corrected chi connectivity index (χ0v) is 15.4. The van der Waals surface area contributed by atoms with E-state index >= 15 is 0 Å². The van der Waals surface area contributed by atoms with Gasteiger partial charge in [-0.1, -0.05) is 0 Å². The van der Waals surface area contributed by atoms with Gasteiger partial charge in [-0.2, -0.15) is 5.26 Å². The average Bonchev–Trinajstić information content (AvgIpc) is 3.11. The van der Waals surface area contributed by atoms with Crippen molar-refractivity contribution >= 4 is 11.6 Å². The molecule has 0 bridgehead atoms. The summed E-state index contributed by atoms with van der Waals surface area (Å²) in [5.41, 5.74) is -0.0909. The van der Waals surface area contributed by atoms with Crippen molar-refractivity contribution in [1.29, 1.82) is 5.26 Å². The lowest BCUT2D eigenvalue weighted by molar-refractivity contribution is -0.141. The molecule has 1 aromatic rings. The smallest absolute Gasteiger partial charge is 0.226 e. The minimum absolute atomic E-state index is 0.0735. The molecule has 0 saturated carbocycles. The first-order valence-electron chi connectivity index (χ1n) is 9.28. The zero-order valence-electron chi connectivity index (χ0n) is 15.4. The topological polar surface area (TPSA) is 67.6 Å². The van der Waals surface area contributed by atoms with Crippen LogP contribution in [-0.2, 0) is 4.79 Å². The van der Waals surface area contributed by atoms with Crippen molar-refractivity contribution < 1.29 is 14.3 Å². The number of carbonyl (C=O) groups is 1. The molecular formula is C20H26FN3O2. The largest absolute Gasteiger partial charge is 0.388 e. The summed E-state index contributed by atoms with van der Waals surface area (Å²) in [6.45, 7) is 5.46. The molecule has 2 saturated heterocycles. The fraction of sp³-hybridized carbons (Fsp3) is 0.600. The number of anilines is 1. The molecule has 2 heterocycles. The molecular weight excluding hydrogens is 333 g/mol. The number of hydrogen-bond acceptors (Lipinski definition) is 4. The highest BCUT2D eigenvalue weighted by Crippen LogP contribution is 2.32. The van der Waals surface area contributed by atoms with E-state index in [1.165, 1.54) is 6.07 Å². The number of amides is 1. The first-order valence-corrected chi connectivity index (χ1v) is 9.28. The molecule has 0 aromatic heterocycles.